The number of rotatable bonds is 5. The molecule has 154 valence electrons. The van der Waals surface area contributed by atoms with Gasteiger partial charge in [-0.15, -0.1) is 5.10 Å². The number of aryl methyl sites for hydroxylation is 1. The predicted octanol–water partition coefficient (Wildman–Crippen LogP) is 3.53. The van der Waals surface area contributed by atoms with E-state index in [2.05, 4.69) is 41.7 Å². The topological polar surface area (TPSA) is 45.8 Å². The second kappa shape index (κ2) is 7.84. The summed E-state index contributed by atoms with van der Waals surface area (Å²) in [5.74, 6) is 0. The lowest BCUT2D eigenvalue weighted by Gasteiger charge is -2.51. The van der Waals surface area contributed by atoms with Crippen LogP contribution in [-0.2, 0) is 6.54 Å². The van der Waals surface area contributed by atoms with Crippen molar-refractivity contribution in [2.45, 2.75) is 45.3 Å². The molecule has 3 aromatic rings. The molecule has 0 N–H and O–H groups in total. The zero-order valence-electron chi connectivity index (χ0n) is 17.3. The number of anilines is 1. The molecule has 4 rings (SSSR count). The highest BCUT2D eigenvalue weighted by Gasteiger charge is 2.37. The number of benzene rings is 1. The van der Waals surface area contributed by atoms with Gasteiger partial charge in [-0.3, -0.25) is 9.30 Å². The molecule has 0 aliphatic carbocycles. The summed E-state index contributed by atoms with van der Waals surface area (Å²) in [5.41, 5.74) is 1.83. The van der Waals surface area contributed by atoms with Gasteiger partial charge in [-0.2, -0.15) is 0 Å². The van der Waals surface area contributed by atoms with E-state index < -0.39 is 0 Å². The summed E-state index contributed by atoms with van der Waals surface area (Å²) in [6.07, 6.45) is 2.65. The van der Waals surface area contributed by atoms with E-state index in [1.165, 1.54) is 5.69 Å². The molecule has 1 aromatic carbocycles. The molecule has 2 aromatic heterocycles. The molecular formula is C22H28ClN5O. The van der Waals surface area contributed by atoms with Crippen LogP contribution in [0.25, 0.3) is 5.65 Å². The quantitative estimate of drug-likeness (QED) is 0.642. The molecule has 1 atom stereocenters. The van der Waals surface area contributed by atoms with Gasteiger partial charge in [-0.05, 0) is 57.5 Å². The number of aromatic nitrogens is 3. The van der Waals surface area contributed by atoms with E-state index in [0.29, 0.717) is 18.2 Å². The minimum absolute atomic E-state index is 0.0265. The summed E-state index contributed by atoms with van der Waals surface area (Å²) in [6, 6.07) is 14.1. The van der Waals surface area contributed by atoms with Crippen molar-refractivity contribution < 1.29 is 0 Å². The van der Waals surface area contributed by atoms with E-state index in [0.717, 1.165) is 31.1 Å². The Morgan fingerprint density at radius 3 is 2.76 bits per heavy atom. The number of hydrogen-bond donors (Lipinski definition) is 0. The predicted molar refractivity (Wildman–Crippen MR) is 118 cm³/mol. The lowest BCUT2D eigenvalue weighted by atomic mass is 9.95. The molecule has 0 bridgehead atoms. The fourth-order valence-electron chi connectivity index (χ4n) is 4.26. The fraction of sp³-hybridized carbons (Fsp3) is 0.455. The molecule has 0 spiro atoms. The molecule has 1 unspecified atom stereocenters. The Bertz CT molecular complexity index is 1060. The highest BCUT2D eigenvalue weighted by atomic mass is 35.5. The smallest absolute Gasteiger partial charge is 0.350 e. The number of nitrogens with zero attached hydrogens (tertiary/aromatic N) is 5. The Labute approximate surface area is 176 Å². The molecule has 29 heavy (non-hydrogen) atoms. The summed E-state index contributed by atoms with van der Waals surface area (Å²) in [5, 5.41) is 5.21. The molecule has 0 radical (unpaired) electrons. The second-order valence-electron chi connectivity index (χ2n) is 8.50. The Morgan fingerprint density at radius 2 is 2.00 bits per heavy atom. The number of halogens is 1. The second-order valence-corrected chi connectivity index (χ2v) is 8.94. The lowest BCUT2D eigenvalue weighted by Crippen LogP contribution is -2.63. The third-order valence-electron chi connectivity index (χ3n) is 5.86. The molecule has 6 nitrogen and oxygen atoms in total. The van der Waals surface area contributed by atoms with Gasteiger partial charge in [0.25, 0.3) is 0 Å². The summed E-state index contributed by atoms with van der Waals surface area (Å²) >= 11 is 6.21. The van der Waals surface area contributed by atoms with Crippen LogP contribution in [0.1, 0.15) is 27.2 Å². The number of fused-ring (bicyclic) bond motifs is 1. The first-order chi connectivity index (χ1) is 13.8. The van der Waals surface area contributed by atoms with Gasteiger partial charge in [0.2, 0.25) is 0 Å². The number of pyridine rings is 1. The molecule has 0 amide bonds. The van der Waals surface area contributed by atoms with Gasteiger partial charge < -0.3 is 4.90 Å². The van der Waals surface area contributed by atoms with Crippen LogP contribution in [0.3, 0.4) is 0 Å². The zero-order chi connectivity index (χ0) is 20.6. The van der Waals surface area contributed by atoms with Gasteiger partial charge in [0.15, 0.2) is 5.65 Å². The lowest BCUT2D eigenvalue weighted by molar-refractivity contribution is 0.0839. The molecule has 0 saturated carbocycles. The number of piperazine rings is 1. The van der Waals surface area contributed by atoms with Crippen molar-refractivity contribution in [3.8, 4) is 0 Å². The average Bonchev–Trinajstić information content (AvgIpc) is 3.00. The van der Waals surface area contributed by atoms with E-state index in [4.69, 9.17) is 11.6 Å². The van der Waals surface area contributed by atoms with Gasteiger partial charge >= 0.3 is 5.69 Å². The van der Waals surface area contributed by atoms with Crippen LogP contribution in [0.4, 0.5) is 5.69 Å². The van der Waals surface area contributed by atoms with E-state index in [9.17, 15) is 4.79 Å². The van der Waals surface area contributed by atoms with Gasteiger partial charge in [0.1, 0.15) is 0 Å². The molecule has 1 fully saturated rings. The number of hydrogen-bond acceptors (Lipinski definition) is 4. The van der Waals surface area contributed by atoms with Crippen LogP contribution in [0, 0.1) is 0 Å². The molecule has 7 heteroatoms. The van der Waals surface area contributed by atoms with Gasteiger partial charge in [-0.1, -0.05) is 23.7 Å². The summed E-state index contributed by atoms with van der Waals surface area (Å²) in [7, 11) is 0. The van der Waals surface area contributed by atoms with Crippen molar-refractivity contribution in [3.63, 3.8) is 0 Å². The molecule has 1 aliphatic heterocycles. The Morgan fingerprint density at radius 1 is 1.17 bits per heavy atom. The van der Waals surface area contributed by atoms with Gasteiger partial charge in [0.05, 0.1) is 0 Å². The van der Waals surface area contributed by atoms with E-state index in [1.807, 2.05) is 36.4 Å². The average molecular weight is 414 g/mol. The van der Waals surface area contributed by atoms with Gasteiger partial charge in [0, 0.05) is 54.7 Å². The maximum absolute atomic E-state index is 12.4. The Hall–Kier alpha value is -2.31. The van der Waals surface area contributed by atoms with Crippen LogP contribution in [0.15, 0.2) is 53.5 Å². The molecule has 1 aliphatic rings. The van der Waals surface area contributed by atoms with Crippen molar-refractivity contribution in [1.82, 2.24) is 19.1 Å². The van der Waals surface area contributed by atoms with Crippen LogP contribution in [0.5, 0.6) is 0 Å². The third-order valence-corrected chi connectivity index (χ3v) is 6.09. The summed E-state index contributed by atoms with van der Waals surface area (Å²) in [6.45, 7) is 10.3. The van der Waals surface area contributed by atoms with E-state index in [1.54, 1.807) is 15.3 Å². The highest BCUT2D eigenvalue weighted by molar-refractivity contribution is 6.30. The van der Waals surface area contributed by atoms with Gasteiger partial charge in [-0.25, -0.2) is 9.48 Å². The van der Waals surface area contributed by atoms with Crippen molar-refractivity contribution in [2.75, 3.05) is 24.5 Å². The largest absolute Gasteiger partial charge is 0.366 e. The first-order valence-electron chi connectivity index (χ1n) is 10.2. The van der Waals surface area contributed by atoms with Crippen LogP contribution < -0.4 is 10.6 Å². The SMILES string of the molecule is CC1CN(CCCn2nc3ccccn3c2=O)C(C)(C)CN1c1cccc(Cl)c1. The molecule has 3 heterocycles. The first-order valence-corrected chi connectivity index (χ1v) is 10.5. The maximum atomic E-state index is 12.4. The Balaban J connectivity index is 1.41. The Kier molecular flexibility index (Phi) is 5.40. The van der Waals surface area contributed by atoms with Crippen LogP contribution in [0.2, 0.25) is 5.02 Å². The summed E-state index contributed by atoms with van der Waals surface area (Å²) in [4.78, 5) is 17.4. The maximum Gasteiger partial charge on any atom is 0.350 e. The first kappa shape index (κ1) is 20.0. The fourth-order valence-corrected chi connectivity index (χ4v) is 4.44. The van der Waals surface area contributed by atoms with Crippen molar-refractivity contribution in [1.29, 1.82) is 0 Å². The third kappa shape index (κ3) is 4.05. The van der Waals surface area contributed by atoms with Crippen molar-refractivity contribution in [2.24, 2.45) is 0 Å². The minimum atomic E-state index is -0.0704. The molecule has 1 saturated heterocycles. The van der Waals surface area contributed by atoms with Crippen LogP contribution >= 0.6 is 11.6 Å². The van der Waals surface area contributed by atoms with Crippen LogP contribution in [-0.4, -0.2) is 50.3 Å². The zero-order valence-corrected chi connectivity index (χ0v) is 18.0. The normalized spacial score (nSPS) is 19.7. The van der Waals surface area contributed by atoms with E-state index >= 15 is 0 Å². The van der Waals surface area contributed by atoms with Crippen molar-refractivity contribution >= 4 is 22.9 Å². The standard InChI is InChI=1S/C22H28ClN5O/c1-17-15-25(22(2,3)16-27(17)19-9-6-8-18(23)14-19)11-7-13-28-21(29)26-12-5-4-10-20(26)24-28/h4-6,8-10,12,14,17H,7,11,13,15-16H2,1-3H3. The molecular weight excluding hydrogens is 386 g/mol. The van der Waals surface area contributed by atoms with E-state index in [-0.39, 0.29) is 11.2 Å². The highest BCUT2D eigenvalue weighted by Crippen LogP contribution is 2.30. The summed E-state index contributed by atoms with van der Waals surface area (Å²) < 4.78 is 3.17. The van der Waals surface area contributed by atoms with Crippen molar-refractivity contribution in [3.05, 3.63) is 64.2 Å². The minimum Gasteiger partial charge on any atom is -0.366 e. The monoisotopic (exact) mass is 413 g/mol.